The summed E-state index contributed by atoms with van der Waals surface area (Å²) in [5.74, 6) is 0.501. The van der Waals surface area contributed by atoms with Crippen LogP contribution in [0, 0.1) is 6.92 Å². The van der Waals surface area contributed by atoms with E-state index in [0.29, 0.717) is 33.4 Å². The van der Waals surface area contributed by atoms with Crippen molar-refractivity contribution >= 4 is 39.1 Å². The number of benzene rings is 2. The van der Waals surface area contributed by atoms with Crippen LogP contribution in [0.5, 0.6) is 11.5 Å². The Labute approximate surface area is 160 Å². The van der Waals surface area contributed by atoms with Gasteiger partial charge in [0.1, 0.15) is 0 Å². The van der Waals surface area contributed by atoms with E-state index in [0.717, 1.165) is 15.8 Å². The highest BCUT2D eigenvalue weighted by atomic mass is 35.5. The number of para-hydroxylation sites is 1. The zero-order chi connectivity index (χ0) is 18.8. The van der Waals surface area contributed by atoms with E-state index in [1.807, 2.05) is 30.5 Å². The van der Waals surface area contributed by atoms with Crippen molar-refractivity contribution in [1.29, 1.82) is 0 Å². The van der Waals surface area contributed by atoms with Gasteiger partial charge in [0.05, 0.1) is 30.0 Å². The summed E-state index contributed by atoms with van der Waals surface area (Å²) in [7, 11) is 3.04. The lowest BCUT2D eigenvalue weighted by Crippen LogP contribution is -2.16. The van der Waals surface area contributed by atoms with Crippen molar-refractivity contribution in [2.75, 3.05) is 14.2 Å². The van der Waals surface area contributed by atoms with Crippen molar-refractivity contribution in [3.63, 3.8) is 0 Å². The van der Waals surface area contributed by atoms with E-state index < -0.39 is 0 Å². The highest BCUT2D eigenvalue weighted by Gasteiger charge is 2.17. The second-order valence-electron chi connectivity index (χ2n) is 5.66. The van der Waals surface area contributed by atoms with Gasteiger partial charge in [-0.3, -0.25) is 4.79 Å². The smallest absolute Gasteiger partial charge is 0.283 e. The quantitative estimate of drug-likeness (QED) is 0.661. The second-order valence-corrected chi connectivity index (χ2v) is 7.10. The van der Waals surface area contributed by atoms with Crippen LogP contribution in [0.15, 0.2) is 35.3 Å². The Bertz CT molecular complexity index is 1050. The van der Waals surface area contributed by atoms with Crippen LogP contribution in [0.4, 0.5) is 0 Å². The summed E-state index contributed by atoms with van der Waals surface area (Å²) in [4.78, 5) is 17.8. The number of hydrogen-bond acceptors (Lipinski definition) is 4. The van der Waals surface area contributed by atoms with E-state index >= 15 is 0 Å². The average molecular weight is 391 g/mol. The van der Waals surface area contributed by atoms with E-state index in [1.54, 1.807) is 18.2 Å². The third kappa shape index (κ3) is 3.22. The van der Waals surface area contributed by atoms with Gasteiger partial charge in [0.15, 0.2) is 16.3 Å². The van der Waals surface area contributed by atoms with Gasteiger partial charge in [0.2, 0.25) is 0 Å². The van der Waals surface area contributed by atoms with Crippen LogP contribution in [0.25, 0.3) is 10.2 Å². The molecular weight excluding hydrogens is 372 g/mol. The topological polar surface area (TPSA) is 52.8 Å². The molecule has 3 rings (SSSR count). The highest BCUT2D eigenvalue weighted by molar-refractivity contribution is 7.16. The van der Waals surface area contributed by atoms with Gasteiger partial charge < -0.3 is 14.0 Å². The maximum absolute atomic E-state index is 12.8. The molecule has 0 bridgehead atoms. The number of aryl methyl sites for hydroxylation is 2. The van der Waals surface area contributed by atoms with Gasteiger partial charge in [-0.1, -0.05) is 29.0 Å². The third-order valence-corrected chi connectivity index (χ3v) is 5.32. The molecule has 0 fully saturated rings. The molecule has 0 aliphatic rings. The number of fused-ring (bicyclic) bond motifs is 1. The molecule has 0 N–H and O–H groups in total. The third-order valence-electron chi connectivity index (χ3n) is 4.08. The van der Waals surface area contributed by atoms with Crippen LogP contribution in [0.1, 0.15) is 22.8 Å². The fourth-order valence-electron chi connectivity index (χ4n) is 2.96. The molecule has 3 aromatic rings. The summed E-state index contributed by atoms with van der Waals surface area (Å²) in [6, 6.07) is 8.98. The van der Waals surface area contributed by atoms with E-state index in [9.17, 15) is 4.79 Å². The molecule has 0 aliphatic carbocycles. The summed E-state index contributed by atoms with van der Waals surface area (Å²) in [6.07, 6.45) is 0. The molecule has 0 saturated heterocycles. The summed E-state index contributed by atoms with van der Waals surface area (Å²) in [6.45, 7) is 4.73. The number of methoxy groups -OCH3 is 2. The molecule has 0 spiro atoms. The van der Waals surface area contributed by atoms with Crippen molar-refractivity contribution in [2.45, 2.75) is 20.4 Å². The Morgan fingerprint density at radius 2 is 2.04 bits per heavy atom. The van der Waals surface area contributed by atoms with Gasteiger partial charge in [-0.25, -0.2) is 0 Å². The van der Waals surface area contributed by atoms with Crippen molar-refractivity contribution in [3.8, 4) is 11.5 Å². The molecule has 1 amide bonds. The van der Waals surface area contributed by atoms with Crippen molar-refractivity contribution in [2.24, 2.45) is 4.99 Å². The SMILES string of the molecule is CCn1c(=NC(=O)c2cccc(OC)c2OC)sc2cc(Cl)cc(C)c21. The molecule has 136 valence electrons. The summed E-state index contributed by atoms with van der Waals surface area (Å²) in [5.41, 5.74) is 2.46. The molecule has 0 aliphatic heterocycles. The lowest BCUT2D eigenvalue weighted by Gasteiger charge is -2.10. The number of halogens is 1. The minimum absolute atomic E-state index is 0.363. The molecule has 5 nitrogen and oxygen atoms in total. The van der Waals surface area contributed by atoms with E-state index in [4.69, 9.17) is 21.1 Å². The van der Waals surface area contributed by atoms with Crippen LogP contribution < -0.4 is 14.3 Å². The Morgan fingerprint density at radius 3 is 2.69 bits per heavy atom. The van der Waals surface area contributed by atoms with Crippen molar-refractivity contribution in [1.82, 2.24) is 4.57 Å². The van der Waals surface area contributed by atoms with Crippen LogP contribution in [-0.2, 0) is 6.54 Å². The van der Waals surface area contributed by atoms with Crippen LogP contribution in [-0.4, -0.2) is 24.7 Å². The standard InChI is InChI=1S/C19H19ClN2O3S/c1-5-22-16-11(2)9-12(20)10-15(16)26-19(22)21-18(23)13-7-6-8-14(24-3)17(13)25-4/h6-10H,5H2,1-4H3. The first-order chi connectivity index (χ1) is 12.5. The van der Waals surface area contributed by atoms with Gasteiger partial charge in [0.25, 0.3) is 5.91 Å². The predicted octanol–water partition coefficient (Wildman–Crippen LogP) is 4.44. The Hall–Kier alpha value is -2.31. The first-order valence-corrected chi connectivity index (χ1v) is 9.29. The molecule has 2 aromatic carbocycles. The van der Waals surface area contributed by atoms with E-state index in [-0.39, 0.29) is 5.91 Å². The Kier molecular flexibility index (Phi) is 5.34. The lowest BCUT2D eigenvalue weighted by molar-refractivity contribution is 0.0994. The maximum atomic E-state index is 12.8. The van der Waals surface area contributed by atoms with Gasteiger partial charge in [-0.05, 0) is 43.7 Å². The molecule has 1 heterocycles. The molecular formula is C19H19ClN2O3S. The van der Waals surface area contributed by atoms with Gasteiger partial charge in [0, 0.05) is 11.6 Å². The molecule has 26 heavy (non-hydrogen) atoms. The molecule has 0 saturated carbocycles. The van der Waals surface area contributed by atoms with Crippen LogP contribution in [0.3, 0.4) is 0 Å². The van der Waals surface area contributed by atoms with E-state index in [2.05, 4.69) is 4.99 Å². The summed E-state index contributed by atoms with van der Waals surface area (Å²) < 4.78 is 13.6. The number of hydrogen-bond donors (Lipinski definition) is 0. The fourth-order valence-corrected chi connectivity index (χ4v) is 4.50. The van der Waals surface area contributed by atoms with Crippen LogP contribution in [0.2, 0.25) is 5.02 Å². The first-order valence-electron chi connectivity index (χ1n) is 8.09. The lowest BCUT2D eigenvalue weighted by atomic mass is 10.2. The first kappa shape index (κ1) is 18.5. The number of thiazole rings is 1. The minimum atomic E-state index is -0.377. The number of carbonyl (C=O) groups is 1. The number of carbonyl (C=O) groups excluding carboxylic acids is 1. The van der Waals surface area contributed by atoms with Gasteiger partial charge in [-0.2, -0.15) is 4.99 Å². The number of aromatic nitrogens is 1. The largest absolute Gasteiger partial charge is 0.493 e. The summed E-state index contributed by atoms with van der Waals surface area (Å²) >= 11 is 7.61. The predicted molar refractivity (Wildman–Crippen MR) is 105 cm³/mol. The minimum Gasteiger partial charge on any atom is -0.493 e. The normalized spacial score (nSPS) is 11.8. The van der Waals surface area contributed by atoms with Gasteiger partial charge >= 0.3 is 0 Å². The maximum Gasteiger partial charge on any atom is 0.283 e. The Morgan fingerprint density at radius 1 is 1.27 bits per heavy atom. The second kappa shape index (κ2) is 7.51. The number of nitrogens with zero attached hydrogens (tertiary/aromatic N) is 2. The van der Waals surface area contributed by atoms with Crippen molar-refractivity contribution in [3.05, 3.63) is 51.3 Å². The number of rotatable bonds is 4. The van der Waals surface area contributed by atoms with Crippen molar-refractivity contribution < 1.29 is 14.3 Å². The van der Waals surface area contributed by atoms with Crippen LogP contribution >= 0.6 is 22.9 Å². The van der Waals surface area contributed by atoms with E-state index in [1.165, 1.54) is 25.6 Å². The Balaban J connectivity index is 2.20. The fraction of sp³-hybridized carbons (Fsp3) is 0.263. The molecule has 0 unspecified atom stereocenters. The highest BCUT2D eigenvalue weighted by Crippen LogP contribution is 2.31. The summed E-state index contributed by atoms with van der Waals surface area (Å²) in [5, 5.41) is 0.673. The molecule has 0 radical (unpaired) electrons. The molecule has 7 heteroatoms. The molecule has 1 aromatic heterocycles. The zero-order valence-corrected chi connectivity index (χ0v) is 16.6. The number of ether oxygens (including phenoxy) is 2. The number of amides is 1. The zero-order valence-electron chi connectivity index (χ0n) is 15.0. The monoisotopic (exact) mass is 390 g/mol. The molecule has 0 atom stereocenters. The average Bonchev–Trinajstić information content (AvgIpc) is 2.97. The van der Waals surface area contributed by atoms with Gasteiger partial charge in [-0.15, -0.1) is 0 Å².